The Morgan fingerprint density at radius 2 is 2.04 bits per heavy atom. The van der Waals surface area contributed by atoms with E-state index in [1.165, 1.54) is 6.20 Å². The van der Waals surface area contributed by atoms with E-state index in [0.717, 1.165) is 24.0 Å². The maximum absolute atomic E-state index is 12.3. The summed E-state index contributed by atoms with van der Waals surface area (Å²) in [6, 6.07) is 7.11. The number of fused-ring (bicyclic) bond motifs is 1. The largest absolute Gasteiger partial charge is 0.469 e. The first kappa shape index (κ1) is 18.5. The highest BCUT2D eigenvalue weighted by molar-refractivity contribution is 7.91. The van der Waals surface area contributed by atoms with Crippen LogP contribution in [0.2, 0.25) is 10.0 Å². The molecule has 0 fully saturated rings. The second-order valence-electron chi connectivity index (χ2n) is 6.13. The number of benzene rings is 1. The number of hydrogen-bond donors (Lipinski definition) is 0. The molecule has 0 saturated heterocycles. The Labute approximate surface area is 158 Å². The molecule has 0 aliphatic carbocycles. The molecular formula is C18H19Cl2NO3S. The van der Waals surface area contributed by atoms with Crippen molar-refractivity contribution in [3.63, 3.8) is 0 Å². The second kappa shape index (κ2) is 7.52. The molecule has 0 saturated carbocycles. The summed E-state index contributed by atoms with van der Waals surface area (Å²) in [4.78, 5) is 4.52. The summed E-state index contributed by atoms with van der Waals surface area (Å²) in [5, 5.41) is 0.987. The Morgan fingerprint density at radius 1 is 1.24 bits per heavy atom. The fourth-order valence-corrected chi connectivity index (χ4v) is 4.56. The molecule has 134 valence electrons. The third kappa shape index (κ3) is 4.10. The highest BCUT2D eigenvalue weighted by atomic mass is 35.5. The summed E-state index contributed by atoms with van der Waals surface area (Å²) >= 11 is 12.0. The molecule has 0 amide bonds. The van der Waals surface area contributed by atoms with Crippen LogP contribution in [0.5, 0.6) is 5.88 Å². The molecule has 25 heavy (non-hydrogen) atoms. The van der Waals surface area contributed by atoms with E-state index in [0.29, 0.717) is 28.8 Å². The molecule has 1 aromatic carbocycles. The average Bonchev–Trinajstić information content (AvgIpc) is 2.61. The van der Waals surface area contributed by atoms with Crippen LogP contribution < -0.4 is 4.74 Å². The standard InChI is InChI=1S/C18H19Cl2NO3S/c1-2-3-8-25(22,23)14-9-13-5-7-17(24-18(13)21-11-14)12-4-6-15(19)16(20)10-12/h4,6,9-11,17H,2-3,5,7-8H2,1H3. The zero-order chi connectivity index (χ0) is 18.0. The number of unbranched alkanes of at least 4 members (excludes halogenated alkanes) is 1. The summed E-state index contributed by atoms with van der Waals surface area (Å²) in [5.41, 5.74) is 1.76. The van der Waals surface area contributed by atoms with Crippen molar-refractivity contribution in [3.8, 4) is 5.88 Å². The van der Waals surface area contributed by atoms with Gasteiger partial charge >= 0.3 is 0 Å². The SMILES string of the molecule is CCCCS(=O)(=O)c1cnc2c(c1)CCC(c1ccc(Cl)c(Cl)c1)O2. The maximum Gasteiger partial charge on any atom is 0.217 e. The molecular weight excluding hydrogens is 381 g/mol. The number of halogens is 2. The molecule has 0 spiro atoms. The van der Waals surface area contributed by atoms with E-state index in [1.807, 2.05) is 13.0 Å². The molecule has 1 aromatic heterocycles. The van der Waals surface area contributed by atoms with E-state index in [1.54, 1.807) is 18.2 Å². The molecule has 1 aliphatic heterocycles. The van der Waals surface area contributed by atoms with Crippen molar-refractivity contribution in [2.24, 2.45) is 0 Å². The normalized spacial score (nSPS) is 17.0. The number of rotatable bonds is 5. The first-order valence-corrected chi connectivity index (χ1v) is 10.6. The molecule has 2 aromatic rings. The van der Waals surface area contributed by atoms with Crippen LogP contribution in [0.1, 0.15) is 43.4 Å². The van der Waals surface area contributed by atoms with Gasteiger partial charge in [0, 0.05) is 11.8 Å². The predicted octanol–water partition coefficient (Wildman–Crippen LogP) is 5.03. The first-order chi connectivity index (χ1) is 11.9. The Hall–Kier alpha value is -1.30. The van der Waals surface area contributed by atoms with Crippen LogP contribution in [0, 0.1) is 0 Å². The lowest BCUT2D eigenvalue weighted by atomic mass is 9.99. The van der Waals surface area contributed by atoms with Gasteiger partial charge in [-0.3, -0.25) is 0 Å². The summed E-state index contributed by atoms with van der Waals surface area (Å²) in [6.07, 6.45) is 4.13. The van der Waals surface area contributed by atoms with Crippen molar-refractivity contribution in [1.82, 2.24) is 4.98 Å². The minimum absolute atomic E-state index is 0.150. The minimum Gasteiger partial charge on any atom is -0.469 e. The molecule has 1 unspecified atom stereocenters. The summed E-state index contributed by atoms with van der Waals surface area (Å²) < 4.78 is 30.6. The first-order valence-electron chi connectivity index (χ1n) is 8.24. The van der Waals surface area contributed by atoms with Gasteiger partial charge in [0.2, 0.25) is 5.88 Å². The predicted molar refractivity (Wildman–Crippen MR) is 99.3 cm³/mol. The van der Waals surface area contributed by atoms with Crippen molar-refractivity contribution in [2.75, 3.05) is 5.75 Å². The lowest BCUT2D eigenvalue weighted by Crippen LogP contribution is -2.17. The van der Waals surface area contributed by atoms with E-state index < -0.39 is 9.84 Å². The lowest BCUT2D eigenvalue weighted by molar-refractivity contribution is 0.167. The number of nitrogens with zero attached hydrogens (tertiary/aromatic N) is 1. The monoisotopic (exact) mass is 399 g/mol. The van der Waals surface area contributed by atoms with Gasteiger partial charge in [-0.15, -0.1) is 0 Å². The molecule has 2 heterocycles. The van der Waals surface area contributed by atoms with Gasteiger partial charge in [-0.1, -0.05) is 42.6 Å². The molecule has 1 atom stereocenters. The number of aromatic nitrogens is 1. The third-order valence-corrected chi connectivity index (χ3v) is 6.78. The third-order valence-electron chi connectivity index (χ3n) is 4.27. The molecule has 4 nitrogen and oxygen atoms in total. The van der Waals surface area contributed by atoms with Gasteiger partial charge in [-0.05, 0) is 43.0 Å². The smallest absolute Gasteiger partial charge is 0.217 e. The van der Waals surface area contributed by atoms with Crippen LogP contribution >= 0.6 is 23.2 Å². The Kier molecular flexibility index (Phi) is 5.56. The zero-order valence-electron chi connectivity index (χ0n) is 13.8. The molecule has 1 aliphatic rings. The van der Waals surface area contributed by atoms with Gasteiger partial charge in [0.15, 0.2) is 9.84 Å². The minimum atomic E-state index is -3.28. The number of hydrogen-bond acceptors (Lipinski definition) is 4. The fraction of sp³-hybridized carbons (Fsp3) is 0.389. The van der Waals surface area contributed by atoms with Gasteiger partial charge in [-0.25, -0.2) is 13.4 Å². The van der Waals surface area contributed by atoms with Crippen LogP contribution in [-0.2, 0) is 16.3 Å². The number of aryl methyl sites for hydroxylation is 1. The summed E-state index contributed by atoms with van der Waals surface area (Å²) in [6.45, 7) is 1.97. The van der Waals surface area contributed by atoms with Gasteiger partial charge in [-0.2, -0.15) is 0 Å². The van der Waals surface area contributed by atoms with Crippen LogP contribution in [0.15, 0.2) is 35.4 Å². The molecule has 0 radical (unpaired) electrons. The van der Waals surface area contributed by atoms with Gasteiger partial charge in [0.1, 0.15) is 6.10 Å². The second-order valence-corrected chi connectivity index (χ2v) is 9.05. The van der Waals surface area contributed by atoms with Crippen molar-refractivity contribution in [3.05, 3.63) is 51.6 Å². The van der Waals surface area contributed by atoms with Gasteiger partial charge < -0.3 is 4.74 Å². The Bertz CT molecular complexity index is 884. The van der Waals surface area contributed by atoms with Crippen LogP contribution in [0.25, 0.3) is 0 Å². The topological polar surface area (TPSA) is 56.3 Å². The summed E-state index contributed by atoms with van der Waals surface area (Å²) in [7, 11) is -3.28. The fourth-order valence-electron chi connectivity index (χ4n) is 2.81. The van der Waals surface area contributed by atoms with Crippen LogP contribution in [-0.4, -0.2) is 19.2 Å². The van der Waals surface area contributed by atoms with Gasteiger partial charge in [0.25, 0.3) is 0 Å². The van der Waals surface area contributed by atoms with Crippen molar-refractivity contribution < 1.29 is 13.2 Å². The average molecular weight is 400 g/mol. The quantitative estimate of drug-likeness (QED) is 0.707. The molecule has 0 N–H and O–H groups in total. The van der Waals surface area contributed by atoms with Gasteiger partial charge in [0.05, 0.1) is 20.7 Å². The number of sulfone groups is 1. The molecule has 0 bridgehead atoms. The highest BCUT2D eigenvalue weighted by Gasteiger charge is 2.25. The van der Waals surface area contributed by atoms with E-state index in [9.17, 15) is 8.42 Å². The summed E-state index contributed by atoms with van der Waals surface area (Å²) in [5.74, 6) is 0.633. The maximum atomic E-state index is 12.3. The van der Waals surface area contributed by atoms with E-state index >= 15 is 0 Å². The van der Waals surface area contributed by atoms with Crippen LogP contribution in [0.4, 0.5) is 0 Å². The highest BCUT2D eigenvalue weighted by Crippen LogP contribution is 2.36. The number of pyridine rings is 1. The number of ether oxygens (including phenoxy) is 1. The van der Waals surface area contributed by atoms with E-state index in [2.05, 4.69) is 4.98 Å². The van der Waals surface area contributed by atoms with E-state index in [4.69, 9.17) is 27.9 Å². The Balaban J connectivity index is 1.82. The zero-order valence-corrected chi connectivity index (χ0v) is 16.2. The van der Waals surface area contributed by atoms with Crippen molar-refractivity contribution in [1.29, 1.82) is 0 Å². The Morgan fingerprint density at radius 3 is 2.76 bits per heavy atom. The van der Waals surface area contributed by atoms with Crippen molar-refractivity contribution in [2.45, 2.75) is 43.6 Å². The molecule has 7 heteroatoms. The van der Waals surface area contributed by atoms with E-state index in [-0.39, 0.29) is 16.8 Å². The van der Waals surface area contributed by atoms with Crippen LogP contribution in [0.3, 0.4) is 0 Å². The molecule has 3 rings (SSSR count). The van der Waals surface area contributed by atoms with Crippen molar-refractivity contribution >= 4 is 33.0 Å². The lowest BCUT2D eigenvalue weighted by Gasteiger charge is -2.26.